The number of nitrogen functional groups attached to an aromatic ring is 1. The number of hydrogen-bond acceptors (Lipinski definition) is 5. The summed E-state index contributed by atoms with van der Waals surface area (Å²) in [5, 5.41) is 23.5. The van der Waals surface area contributed by atoms with Gasteiger partial charge in [0.25, 0.3) is 5.82 Å². The van der Waals surface area contributed by atoms with Crippen LogP contribution in [0.25, 0.3) is 0 Å². The fraction of sp³-hybridized carbons (Fsp3) is 0. The number of anilines is 1. The van der Waals surface area contributed by atoms with Crippen molar-refractivity contribution in [2.45, 2.75) is 0 Å². The van der Waals surface area contributed by atoms with Gasteiger partial charge in [-0.05, 0) is 16.4 Å². The molecule has 0 atom stereocenters. The van der Waals surface area contributed by atoms with Crippen LogP contribution in [0.1, 0.15) is 0 Å². The molecule has 1 aromatic rings. The summed E-state index contributed by atoms with van der Waals surface area (Å²) in [6, 6.07) is 0.844. The van der Waals surface area contributed by atoms with Crippen molar-refractivity contribution in [3.8, 4) is 0 Å². The molecule has 0 aliphatic rings. The molecular formula is C4H3ClN4O3. The van der Waals surface area contributed by atoms with E-state index in [0.717, 1.165) is 6.07 Å². The molecule has 0 aromatic carbocycles. The van der Waals surface area contributed by atoms with Gasteiger partial charge in [-0.1, -0.05) is 0 Å². The normalized spacial score (nSPS) is 9.75. The summed E-state index contributed by atoms with van der Waals surface area (Å²) in [4.78, 5) is 9.44. The molecule has 0 amide bonds. The van der Waals surface area contributed by atoms with Crippen LogP contribution in [0.2, 0.25) is 5.15 Å². The van der Waals surface area contributed by atoms with Crippen LogP contribution in [0.15, 0.2) is 6.07 Å². The van der Waals surface area contributed by atoms with Crippen LogP contribution in [0.3, 0.4) is 0 Å². The van der Waals surface area contributed by atoms with Crippen LogP contribution in [-0.4, -0.2) is 10.0 Å². The smallest absolute Gasteiger partial charge is 0.325 e. The topological polar surface area (TPSA) is 109 Å². The number of hydrogen-bond donors (Lipinski definition) is 1. The fourth-order valence-electron chi connectivity index (χ4n) is 0.585. The molecule has 0 radical (unpaired) electrons. The first-order valence-electron chi connectivity index (χ1n) is 2.72. The van der Waals surface area contributed by atoms with Gasteiger partial charge in [-0.2, -0.15) is 0 Å². The summed E-state index contributed by atoms with van der Waals surface area (Å²) >= 11 is 5.26. The van der Waals surface area contributed by atoms with Gasteiger partial charge in [-0.3, -0.25) is 10.1 Å². The van der Waals surface area contributed by atoms with Crippen molar-refractivity contribution in [3.05, 3.63) is 26.5 Å². The number of nitrogens with two attached hydrogens (primary N) is 1. The maximum Gasteiger partial charge on any atom is 0.325 e. The van der Waals surface area contributed by atoms with Crippen molar-refractivity contribution < 1.29 is 9.77 Å². The molecule has 0 aliphatic carbocycles. The van der Waals surface area contributed by atoms with E-state index in [1.165, 1.54) is 0 Å². The van der Waals surface area contributed by atoms with Gasteiger partial charge < -0.3 is 10.9 Å². The van der Waals surface area contributed by atoms with E-state index in [-0.39, 0.29) is 4.85 Å². The maximum atomic E-state index is 10.6. The SMILES string of the molecule is Nc1n[n+]([O-])c(Cl)cc1[N+](=O)[O-]. The summed E-state index contributed by atoms with van der Waals surface area (Å²) in [6.07, 6.45) is 0. The maximum absolute atomic E-state index is 10.6. The Hall–Kier alpha value is -1.63. The minimum absolute atomic E-state index is 0.00386. The van der Waals surface area contributed by atoms with Crippen molar-refractivity contribution >= 4 is 23.1 Å². The zero-order chi connectivity index (χ0) is 9.30. The van der Waals surface area contributed by atoms with Crippen molar-refractivity contribution in [2.75, 3.05) is 5.73 Å². The van der Waals surface area contributed by atoms with Crippen LogP contribution in [0, 0.1) is 15.3 Å². The first kappa shape index (κ1) is 8.47. The van der Waals surface area contributed by atoms with E-state index in [1.807, 2.05) is 0 Å². The van der Waals surface area contributed by atoms with Gasteiger partial charge in [-0.25, -0.2) is 0 Å². The molecule has 64 valence electrons. The second kappa shape index (κ2) is 2.78. The molecule has 0 unspecified atom stereocenters. The van der Waals surface area contributed by atoms with E-state index in [4.69, 9.17) is 17.3 Å². The van der Waals surface area contributed by atoms with Crippen LogP contribution in [0.4, 0.5) is 11.5 Å². The molecule has 1 heterocycles. The van der Waals surface area contributed by atoms with Gasteiger partial charge in [0.1, 0.15) is 6.07 Å². The van der Waals surface area contributed by atoms with Crippen molar-refractivity contribution in [1.82, 2.24) is 5.10 Å². The molecular weight excluding hydrogens is 188 g/mol. The first-order valence-corrected chi connectivity index (χ1v) is 3.10. The van der Waals surface area contributed by atoms with Gasteiger partial charge in [-0.15, -0.1) is 0 Å². The lowest BCUT2D eigenvalue weighted by atomic mass is 10.4. The molecule has 1 aromatic heterocycles. The summed E-state index contributed by atoms with van der Waals surface area (Å²) in [6.45, 7) is 0. The van der Waals surface area contributed by atoms with Gasteiger partial charge in [0.05, 0.1) is 4.92 Å². The molecule has 0 fully saturated rings. The molecule has 0 spiro atoms. The molecule has 0 saturated carbocycles. The highest BCUT2D eigenvalue weighted by atomic mass is 35.5. The minimum atomic E-state index is -0.770. The van der Waals surface area contributed by atoms with Crippen molar-refractivity contribution in [2.24, 2.45) is 0 Å². The predicted molar refractivity (Wildman–Crippen MR) is 39.3 cm³/mol. The summed E-state index contributed by atoms with van der Waals surface area (Å²) < 4.78 is 0. The molecule has 2 N–H and O–H groups in total. The van der Waals surface area contributed by atoms with E-state index in [1.54, 1.807) is 0 Å². The minimum Gasteiger partial charge on any atom is -0.593 e. The van der Waals surface area contributed by atoms with Crippen molar-refractivity contribution in [1.29, 1.82) is 0 Å². The molecule has 1 rings (SSSR count). The number of nitro groups is 1. The molecule has 0 saturated heterocycles. The highest BCUT2D eigenvalue weighted by Gasteiger charge is 2.19. The molecule has 8 heteroatoms. The third-order valence-electron chi connectivity index (χ3n) is 1.10. The van der Waals surface area contributed by atoms with E-state index in [2.05, 4.69) is 5.10 Å². The Bertz CT molecular complexity index is 341. The predicted octanol–water partition coefficient (Wildman–Crippen LogP) is -0.141. The second-order valence-electron chi connectivity index (χ2n) is 1.87. The average molecular weight is 191 g/mol. The highest BCUT2D eigenvalue weighted by Crippen LogP contribution is 2.18. The Morgan fingerprint density at radius 2 is 2.33 bits per heavy atom. The van der Waals surface area contributed by atoms with Crippen LogP contribution < -0.4 is 10.6 Å². The van der Waals surface area contributed by atoms with E-state index >= 15 is 0 Å². The second-order valence-corrected chi connectivity index (χ2v) is 2.25. The zero-order valence-electron chi connectivity index (χ0n) is 5.60. The Balaban J connectivity index is 3.33. The van der Waals surface area contributed by atoms with Gasteiger partial charge in [0, 0.05) is 5.10 Å². The van der Waals surface area contributed by atoms with Crippen LogP contribution in [-0.2, 0) is 0 Å². The summed E-state index contributed by atoms with van der Waals surface area (Å²) in [5.41, 5.74) is 4.58. The lowest BCUT2D eigenvalue weighted by Crippen LogP contribution is -2.33. The third kappa shape index (κ3) is 1.35. The Morgan fingerprint density at radius 3 is 2.83 bits per heavy atom. The standard InChI is InChI=1S/C4H3ClN4O3/c5-3-1-2(9(11)12)4(6)7-8(3)10/h1H,(H2,6,7). The van der Waals surface area contributed by atoms with Gasteiger partial charge >= 0.3 is 10.8 Å². The first-order chi connectivity index (χ1) is 5.52. The molecule has 7 nitrogen and oxygen atoms in total. The number of halogens is 1. The third-order valence-corrected chi connectivity index (χ3v) is 1.35. The lowest BCUT2D eigenvalue weighted by Gasteiger charge is -1.96. The van der Waals surface area contributed by atoms with Crippen molar-refractivity contribution in [3.63, 3.8) is 0 Å². The molecule has 0 bridgehead atoms. The summed E-state index contributed by atoms with van der Waals surface area (Å²) in [5.74, 6) is -0.459. The van der Waals surface area contributed by atoms with E-state index in [0.29, 0.717) is 0 Å². The monoisotopic (exact) mass is 190 g/mol. The molecule has 0 aliphatic heterocycles. The van der Waals surface area contributed by atoms with Crippen LogP contribution >= 0.6 is 11.6 Å². The number of nitrogens with zero attached hydrogens (tertiary/aromatic N) is 3. The van der Waals surface area contributed by atoms with E-state index in [9.17, 15) is 15.3 Å². The number of rotatable bonds is 1. The Labute approximate surface area is 71.1 Å². The average Bonchev–Trinajstić information content (AvgIpc) is 1.96. The Kier molecular flexibility index (Phi) is 1.96. The largest absolute Gasteiger partial charge is 0.593 e. The van der Waals surface area contributed by atoms with E-state index < -0.39 is 21.6 Å². The van der Waals surface area contributed by atoms with Gasteiger partial charge in [0.2, 0.25) is 0 Å². The zero-order valence-corrected chi connectivity index (χ0v) is 6.35. The quantitative estimate of drug-likeness (QED) is 0.287. The highest BCUT2D eigenvalue weighted by molar-refractivity contribution is 6.28. The molecule has 12 heavy (non-hydrogen) atoms. The van der Waals surface area contributed by atoms with Crippen LogP contribution in [0.5, 0.6) is 0 Å². The summed E-state index contributed by atoms with van der Waals surface area (Å²) in [7, 11) is 0. The lowest BCUT2D eigenvalue weighted by molar-refractivity contribution is -0.666. The Morgan fingerprint density at radius 1 is 1.75 bits per heavy atom. The number of aromatic nitrogens is 2. The fourth-order valence-corrected chi connectivity index (χ4v) is 0.726. The van der Waals surface area contributed by atoms with Gasteiger partial charge in [0.15, 0.2) is 0 Å².